The van der Waals surface area contributed by atoms with E-state index in [0.29, 0.717) is 17.9 Å². The summed E-state index contributed by atoms with van der Waals surface area (Å²) in [6.45, 7) is 2.54. The van der Waals surface area contributed by atoms with Crippen molar-refractivity contribution in [1.82, 2.24) is 9.29 Å². The molecule has 0 aliphatic carbocycles. The smallest absolute Gasteiger partial charge is 0.258 e. The summed E-state index contributed by atoms with van der Waals surface area (Å²) in [7, 11) is -3.72. The van der Waals surface area contributed by atoms with Gasteiger partial charge in [0.2, 0.25) is 10.0 Å². The first-order valence-corrected chi connectivity index (χ1v) is 12.4. The van der Waals surface area contributed by atoms with Crippen molar-refractivity contribution in [2.75, 3.05) is 11.4 Å². The van der Waals surface area contributed by atoms with Gasteiger partial charge in [-0.15, -0.1) is 0 Å². The molecule has 172 valence electrons. The quantitative estimate of drug-likeness (QED) is 0.530. The minimum atomic E-state index is -3.72. The summed E-state index contributed by atoms with van der Waals surface area (Å²) in [6.07, 6.45) is 4.28. The highest BCUT2D eigenvalue weighted by molar-refractivity contribution is 7.89. The molecule has 0 saturated carbocycles. The average molecular weight is 468 g/mol. The largest absolute Gasteiger partial charge is 0.302 e. The third-order valence-electron chi connectivity index (χ3n) is 5.86. The molecule has 0 spiro atoms. The van der Waals surface area contributed by atoms with Crippen LogP contribution in [0.2, 0.25) is 0 Å². The van der Waals surface area contributed by atoms with Crippen LogP contribution in [-0.2, 0) is 16.6 Å². The monoisotopic (exact) mass is 467 g/mol. The molecular formula is C25H26FN3O3S. The van der Waals surface area contributed by atoms with Crippen LogP contribution in [-0.4, -0.2) is 36.2 Å². The van der Waals surface area contributed by atoms with E-state index in [1.54, 1.807) is 30.5 Å². The number of amides is 1. The number of pyridine rings is 1. The Bertz CT molecular complexity index is 1220. The number of halogens is 1. The van der Waals surface area contributed by atoms with Crippen molar-refractivity contribution in [2.45, 2.75) is 43.7 Å². The second-order valence-electron chi connectivity index (χ2n) is 8.18. The number of piperidine rings is 1. The van der Waals surface area contributed by atoms with E-state index in [1.165, 1.54) is 45.6 Å². The first kappa shape index (κ1) is 23.1. The summed E-state index contributed by atoms with van der Waals surface area (Å²) < 4.78 is 41.6. The van der Waals surface area contributed by atoms with Crippen molar-refractivity contribution in [3.63, 3.8) is 0 Å². The lowest BCUT2D eigenvalue weighted by Gasteiger charge is -2.32. The molecule has 4 rings (SSSR count). The lowest BCUT2D eigenvalue weighted by molar-refractivity contribution is 0.0984. The van der Waals surface area contributed by atoms with Gasteiger partial charge in [0.15, 0.2) is 0 Å². The molecular weight excluding hydrogens is 441 g/mol. The SMILES string of the molecule is CC1CCCCN1S(=O)(=O)c1cccc(C(=O)N(Cc2ccccn2)c2ccc(F)cc2)c1. The molecule has 1 unspecified atom stereocenters. The predicted octanol–water partition coefficient (Wildman–Crippen LogP) is 4.63. The van der Waals surface area contributed by atoms with Crippen LogP contribution in [0.3, 0.4) is 0 Å². The van der Waals surface area contributed by atoms with Gasteiger partial charge < -0.3 is 4.90 Å². The van der Waals surface area contributed by atoms with Gasteiger partial charge in [-0.2, -0.15) is 4.31 Å². The number of hydrogen-bond donors (Lipinski definition) is 0. The fourth-order valence-electron chi connectivity index (χ4n) is 4.06. The summed E-state index contributed by atoms with van der Waals surface area (Å²) in [5, 5.41) is 0. The highest BCUT2D eigenvalue weighted by Crippen LogP contribution is 2.27. The molecule has 1 amide bonds. The fourth-order valence-corrected chi connectivity index (χ4v) is 5.81. The van der Waals surface area contributed by atoms with Crippen molar-refractivity contribution in [2.24, 2.45) is 0 Å². The zero-order chi connectivity index (χ0) is 23.4. The zero-order valence-electron chi connectivity index (χ0n) is 18.4. The highest BCUT2D eigenvalue weighted by atomic mass is 32.2. The number of aromatic nitrogens is 1. The van der Waals surface area contributed by atoms with Gasteiger partial charge in [-0.25, -0.2) is 12.8 Å². The summed E-state index contributed by atoms with van der Waals surface area (Å²) in [6, 6.07) is 17.0. The van der Waals surface area contributed by atoms with Crippen LogP contribution in [0.4, 0.5) is 10.1 Å². The van der Waals surface area contributed by atoms with E-state index in [4.69, 9.17) is 0 Å². The van der Waals surface area contributed by atoms with Crippen molar-refractivity contribution in [3.05, 3.63) is 90.0 Å². The van der Waals surface area contributed by atoms with Crippen LogP contribution < -0.4 is 4.90 Å². The molecule has 1 aliphatic rings. The Morgan fingerprint density at radius 1 is 1.09 bits per heavy atom. The average Bonchev–Trinajstić information content (AvgIpc) is 2.84. The maximum atomic E-state index is 13.6. The number of carbonyl (C=O) groups is 1. The first-order valence-electron chi connectivity index (χ1n) is 11.0. The molecule has 0 N–H and O–H groups in total. The number of nitrogens with zero attached hydrogens (tertiary/aromatic N) is 3. The number of sulfonamides is 1. The fraction of sp³-hybridized carbons (Fsp3) is 0.280. The van der Waals surface area contributed by atoms with Crippen molar-refractivity contribution in [1.29, 1.82) is 0 Å². The number of hydrogen-bond acceptors (Lipinski definition) is 4. The van der Waals surface area contributed by atoms with E-state index >= 15 is 0 Å². The van der Waals surface area contributed by atoms with Crippen LogP contribution in [0, 0.1) is 5.82 Å². The molecule has 1 atom stereocenters. The van der Waals surface area contributed by atoms with E-state index in [0.717, 1.165) is 19.3 Å². The molecule has 0 bridgehead atoms. The molecule has 1 saturated heterocycles. The van der Waals surface area contributed by atoms with Gasteiger partial charge in [-0.05, 0) is 74.4 Å². The van der Waals surface area contributed by atoms with E-state index in [-0.39, 0.29) is 23.0 Å². The third-order valence-corrected chi connectivity index (χ3v) is 7.87. The van der Waals surface area contributed by atoms with Gasteiger partial charge in [0.25, 0.3) is 5.91 Å². The van der Waals surface area contributed by atoms with Crippen molar-refractivity contribution in [3.8, 4) is 0 Å². The molecule has 2 heterocycles. The highest BCUT2D eigenvalue weighted by Gasteiger charge is 2.31. The van der Waals surface area contributed by atoms with Gasteiger partial charge in [0, 0.05) is 30.0 Å². The molecule has 2 aromatic carbocycles. The molecule has 1 fully saturated rings. The van der Waals surface area contributed by atoms with E-state index < -0.39 is 21.7 Å². The Morgan fingerprint density at radius 2 is 1.88 bits per heavy atom. The molecule has 33 heavy (non-hydrogen) atoms. The van der Waals surface area contributed by atoms with Gasteiger partial charge in [0.1, 0.15) is 5.82 Å². The molecule has 0 radical (unpaired) electrons. The normalized spacial score (nSPS) is 17.0. The number of benzene rings is 2. The lowest BCUT2D eigenvalue weighted by Crippen LogP contribution is -2.42. The van der Waals surface area contributed by atoms with Crippen LogP contribution in [0.15, 0.2) is 77.8 Å². The van der Waals surface area contributed by atoms with Crippen LogP contribution in [0.1, 0.15) is 42.2 Å². The molecule has 1 aliphatic heterocycles. The lowest BCUT2D eigenvalue weighted by atomic mass is 10.1. The summed E-state index contributed by atoms with van der Waals surface area (Å²) in [5.41, 5.74) is 1.38. The van der Waals surface area contributed by atoms with E-state index in [1.807, 2.05) is 13.0 Å². The van der Waals surface area contributed by atoms with Crippen LogP contribution in [0.5, 0.6) is 0 Å². The maximum absolute atomic E-state index is 13.6. The standard InChI is InChI=1S/C25H26FN3O3S/c1-19-7-3-5-16-29(19)33(31,32)24-10-6-8-20(17-24)25(30)28(18-22-9-2-4-15-27-22)23-13-11-21(26)12-14-23/h2,4,6,8-15,17,19H,3,5,7,16,18H2,1H3. The third kappa shape index (κ3) is 5.12. The predicted molar refractivity (Wildman–Crippen MR) is 125 cm³/mol. The van der Waals surface area contributed by atoms with Crippen molar-refractivity contribution >= 4 is 21.6 Å². The second-order valence-corrected chi connectivity index (χ2v) is 10.1. The van der Waals surface area contributed by atoms with E-state index in [9.17, 15) is 17.6 Å². The second kappa shape index (κ2) is 9.80. The molecule has 1 aromatic heterocycles. The Kier molecular flexibility index (Phi) is 6.85. The van der Waals surface area contributed by atoms with Gasteiger partial charge >= 0.3 is 0 Å². The van der Waals surface area contributed by atoms with Gasteiger partial charge in [-0.3, -0.25) is 9.78 Å². The Hall–Kier alpha value is -3.10. The number of rotatable bonds is 6. The minimum Gasteiger partial charge on any atom is -0.302 e. The topological polar surface area (TPSA) is 70.6 Å². The minimum absolute atomic E-state index is 0.0806. The molecule has 8 heteroatoms. The number of carbonyl (C=O) groups excluding carboxylic acids is 1. The molecule has 6 nitrogen and oxygen atoms in total. The summed E-state index contributed by atoms with van der Waals surface area (Å²) in [5.74, 6) is -0.802. The van der Waals surface area contributed by atoms with Gasteiger partial charge in [0.05, 0.1) is 17.1 Å². The van der Waals surface area contributed by atoms with Crippen molar-refractivity contribution < 1.29 is 17.6 Å². The van der Waals surface area contributed by atoms with Gasteiger partial charge in [-0.1, -0.05) is 18.6 Å². The summed E-state index contributed by atoms with van der Waals surface area (Å²) >= 11 is 0. The van der Waals surface area contributed by atoms with E-state index in [2.05, 4.69) is 4.98 Å². The van der Waals surface area contributed by atoms with Crippen LogP contribution in [0.25, 0.3) is 0 Å². The Labute approximate surface area is 193 Å². The maximum Gasteiger partial charge on any atom is 0.258 e. The Morgan fingerprint density at radius 3 is 2.58 bits per heavy atom. The summed E-state index contributed by atoms with van der Waals surface area (Å²) in [4.78, 5) is 19.4. The number of anilines is 1. The Balaban J connectivity index is 1.68. The zero-order valence-corrected chi connectivity index (χ0v) is 19.2. The first-order chi connectivity index (χ1) is 15.9. The van der Waals surface area contributed by atoms with Crippen LogP contribution >= 0.6 is 0 Å². The molecule has 3 aromatic rings.